The van der Waals surface area contributed by atoms with Crippen LogP contribution in [0, 0.1) is 31.2 Å². The van der Waals surface area contributed by atoms with Crippen molar-refractivity contribution < 1.29 is 105 Å². The molecule has 0 radical (unpaired) electrons. The molecule has 0 unspecified atom stereocenters. The molecule has 0 fully saturated rings. The maximum atomic E-state index is 11.9. The second kappa shape index (κ2) is 49.7. The number of benzene rings is 6. The number of azo groups is 6. The van der Waals surface area contributed by atoms with Crippen molar-refractivity contribution in [3.05, 3.63) is 183 Å². The van der Waals surface area contributed by atoms with Gasteiger partial charge in [0.25, 0.3) is 0 Å². The van der Waals surface area contributed by atoms with Crippen molar-refractivity contribution in [1.82, 2.24) is 0 Å². The average molecular weight is 1660 g/mol. The Morgan fingerprint density at radius 2 is 0.702 bits per heavy atom. The van der Waals surface area contributed by atoms with Gasteiger partial charge in [-0.2, -0.15) is 0 Å². The van der Waals surface area contributed by atoms with Crippen LogP contribution in [-0.4, -0.2) is 183 Å². The number of nitrogens with zero attached hydrogens (tertiary/aromatic N) is 24. The molecule has 47 heteroatoms. The minimum atomic E-state index is -0.739. The van der Waals surface area contributed by atoms with Crippen molar-refractivity contribution in [3.8, 4) is 35.8 Å². The second-order valence-electron chi connectivity index (χ2n) is 23.3. The van der Waals surface area contributed by atoms with Gasteiger partial charge in [0.15, 0.2) is 5.78 Å². The Morgan fingerprint density at radius 3 is 1.04 bits per heavy atom. The summed E-state index contributed by atoms with van der Waals surface area (Å²) < 4.78 is 42.5. The van der Waals surface area contributed by atoms with Crippen molar-refractivity contribution in [3.63, 3.8) is 0 Å². The molecule has 0 atom stereocenters. The molecule has 0 aliphatic carbocycles. The summed E-state index contributed by atoms with van der Waals surface area (Å²) in [5.41, 5.74) is 21.1. The fourth-order valence-electron chi connectivity index (χ4n) is 9.40. The summed E-state index contributed by atoms with van der Waals surface area (Å²) in [4.78, 5) is 169. The third-order valence-electron chi connectivity index (χ3n) is 15.0. The van der Waals surface area contributed by atoms with Gasteiger partial charge in [-0.3, -0.25) is 9.59 Å². The van der Waals surface area contributed by atoms with E-state index in [0.29, 0.717) is 142 Å². The summed E-state index contributed by atoms with van der Waals surface area (Å²) >= 11 is 0. The number of anilines is 7. The SMILES string of the molecule is C#CCOc1ccc(N2C(=O)N=NC2=O)cc1.CC(=O)c1ccc(N2C(=O)N=NC2=O)cc1.CCCOCCOCCOCCC(=O)Nc1ccc(N2C(=O)N=NC2=O)cc1.Cc1ccc(N2C(=O)N=NC2=O)cc1.[N-]=[N+]=NC#Cc1ccc(N2C(=O)N=NC2=O)cc1.[N-]=[N+]=NCCOCCOCCOCCOc1ccc(N2C(=O)N=NC2=O)cc1. The number of hydrogen-bond donors (Lipinski definition) is 1. The van der Waals surface area contributed by atoms with Gasteiger partial charge >= 0.3 is 72.4 Å². The number of aryl methyl sites for hydroxylation is 1. The number of Topliss-reactive ketones (excluding diaryl/α,β-unsaturated/α-hetero) is 1. The zero-order valence-electron chi connectivity index (χ0n) is 64.2. The number of rotatable bonds is 34. The van der Waals surface area contributed by atoms with E-state index in [4.69, 9.17) is 55.4 Å². The van der Waals surface area contributed by atoms with E-state index >= 15 is 0 Å². The van der Waals surface area contributed by atoms with E-state index in [1.807, 2.05) is 26.0 Å². The lowest BCUT2D eigenvalue weighted by Gasteiger charge is -2.12. The number of imide groups is 6. The number of amides is 25. The van der Waals surface area contributed by atoms with Crippen molar-refractivity contribution in [2.75, 3.05) is 134 Å². The van der Waals surface area contributed by atoms with Crippen LogP contribution in [0.2, 0.25) is 0 Å². The van der Waals surface area contributed by atoms with Gasteiger partial charge in [-0.1, -0.05) is 103 Å². The van der Waals surface area contributed by atoms with E-state index in [1.165, 1.54) is 55.5 Å². The van der Waals surface area contributed by atoms with Gasteiger partial charge in [0.2, 0.25) is 5.91 Å². The molecule has 12 rings (SSSR count). The Morgan fingerprint density at radius 1 is 0.397 bits per heavy atom. The molecule has 6 aromatic carbocycles. The molecule has 6 heterocycles. The van der Waals surface area contributed by atoms with Gasteiger partial charge in [-0.25, -0.2) is 86.9 Å². The number of ketones is 1. The molecule has 47 nitrogen and oxygen atoms in total. The van der Waals surface area contributed by atoms with Crippen LogP contribution in [0.4, 0.5) is 97.3 Å². The molecule has 0 saturated heterocycles. The first-order valence-electron chi connectivity index (χ1n) is 35.4. The zero-order valence-corrected chi connectivity index (χ0v) is 64.2. The van der Waals surface area contributed by atoms with Gasteiger partial charge in [0.1, 0.15) is 24.7 Å². The largest absolute Gasteiger partial charge is 0.491 e. The number of terminal acetylenes is 1. The summed E-state index contributed by atoms with van der Waals surface area (Å²) in [7, 11) is 0. The van der Waals surface area contributed by atoms with Crippen LogP contribution >= 0.6 is 0 Å². The van der Waals surface area contributed by atoms with Crippen molar-refractivity contribution in [1.29, 1.82) is 0 Å². The highest BCUT2D eigenvalue weighted by molar-refractivity contribution is 6.21. The molecular formula is C74H69N25O22. The molecule has 0 bridgehead atoms. The van der Waals surface area contributed by atoms with E-state index < -0.39 is 72.4 Å². The molecule has 6 aliphatic rings. The molecular weight excluding hydrogens is 1590 g/mol. The standard InChI is InChI=1S/C18H24N4O6.C16H20N6O6.C11H7N3O3.C10H4N6O2.C10H7N3O3.C9H7N3O2/c1-2-8-26-10-12-28-13-11-27-9-7-16(23)19-14-3-5-15(6-4-14)22-17(24)20-21-18(22)25;17-21-18-5-6-25-7-8-26-9-10-27-11-12-28-14-3-1-13(2-4-14)22-15(23)19-20-16(22)24;1-2-7-17-9-5-3-8(4-6-9)14-10(15)12-13-11(14)16;11-15-12-6-5-7-1-3-8(4-2-7)16-9(17)13-14-10(16)18;1-6(14)7-2-4-8(5-3-7)13-9(15)11-12-10(13)16;1-6-2-4-7(5-3-6)12-8(13)10-11-9(12)14/h3-6H,2,7-13H2,1H3,(H,19,23);1-4H,5-12H2;1,3-6H,7H2;1-4H;2-5H,1H3;2-5H,1H3. The van der Waals surface area contributed by atoms with Crippen molar-refractivity contribution in [2.45, 2.75) is 33.6 Å². The van der Waals surface area contributed by atoms with Crippen molar-refractivity contribution in [2.24, 2.45) is 71.6 Å². The number of nitrogens with one attached hydrogen (secondary N) is 1. The highest BCUT2D eigenvalue weighted by atomic mass is 16.6. The number of carbonyl (C=O) groups excluding carboxylic acids is 14. The number of hydrogen-bond acceptors (Lipinski definition) is 24. The summed E-state index contributed by atoms with van der Waals surface area (Å²) in [6, 6.07) is 32.0. The summed E-state index contributed by atoms with van der Waals surface area (Å²) in [6.45, 7) is 11.6. The Bertz CT molecular complexity index is 5050. The number of carbonyl (C=O) groups is 14. The lowest BCUT2D eigenvalue weighted by Crippen LogP contribution is -2.27. The van der Waals surface area contributed by atoms with Gasteiger partial charge in [0.05, 0.1) is 113 Å². The summed E-state index contributed by atoms with van der Waals surface area (Å²) in [5, 5.41) is 47.0. The minimum Gasteiger partial charge on any atom is -0.491 e. The predicted octanol–water partition coefficient (Wildman–Crippen LogP) is 15.9. The first-order valence-corrected chi connectivity index (χ1v) is 35.4. The molecule has 6 aromatic rings. The van der Waals surface area contributed by atoms with Gasteiger partial charge in [-0.15, -0.1) is 6.42 Å². The summed E-state index contributed by atoms with van der Waals surface area (Å²) in [5.74, 6) is 5.75. The smallest absolute Gasteiger partial charge is 0.375 e. The van der Waals surface area contributed by atoms with Crippen LogP contribution in [0.1, 0.15) is 48.2 Å². The Hall–Kier alpha value is -16.0. The highest BCUT2D eigenvalue weighted by Crippen LogP contribution is 2.29. The monoisotopic (exact) mass is 1660 g/mol. The second-order valence-corrected chi connectivity index (χ2v) is 23.3. The maximum Gasteiger partial charge on any atom is 0.375 e. The van der Waals surface area contributed by atoms with Gasteiger partial charge in [-0.05, 0) is 176 Å². The molecule has 0 spiro atoms. The van der Waals surface area contributed by atoms with Crippen LogP contribution in [0.3, 0.4) is 0 Å². The molecule has 622 valence electrons. The molecule has 6 aliphatic heterocycles. The Balaban J connectivity index is 0.000000204. The normalized spacial score (nSPS) is 13.7. The topological polar surface area (TPSA) is 590 Å². The van der Waals surface area contributed by atoms with E-state index in [0.717, 1.165) is 48.0 Å². The van der Waals surface area contributed by atoms with Crippen LogP contribution in [0.5, 0.6) is 11.5 Å². The fraction of sp³-hybridized carbons (Fsp3) is 0.270. The lowest BCUT2D eigenvalue weighted by atomic mass is 10.1. The Labute approximate surface area is 684 Å². The van der Waals surface area contributed by atoms with Crippen molar-refractivity contribution >= 4 is 124 Å². The van der Waals surface area contributed by atoms with Gasteiger partial charge < -0.3 is 43.2 Å². The lowest BCUT2D eigenvalue weighted by molar-refractivity contribution is -0.117. The highest BCUT2D eigenvalue weighted by Gasteiger charge is 2.34. The van der Waals surface area contributed by atoms with Crippen LogP contribution in [-0.2, 0) is 33.2 Å². The quantitative estimate of drug-likeness (QED) is 0.00979. The van der Waals surface area contributed by atoms with Crippen LogP contribution in [0.15, 0.2) is 217 Å². The number of azide groups is 2. The van der Waals surface area contributed by atoms with Crippen LogP contribution < -0.4 is 44.2 Å². The third kappa shape index (κ3) is 30.0. The van der Waals surface area contributed by atoms with E-state index in [2.05, 4.69) is 105 Å². The minimum absolute atomic E-state index is 0.0833. The van der Waals surface area contributed by atoms with E-state index in [9.17, 15) is 67.1 Å². The Kier molecular flexibility index (Phi) is 37.9. The first-order chi connectivity index (χ1) is 58.5. The van der Waals surface area contributed by atoms with E-state index in [-0.39, 0.29) is 31.3 Å². The molecule has 0 saturated carbocycles. The van der Waals surface area contributed by atoms with Crippen LogP contribution in [0.25, 0.3) is 20.9 Å². The summed E-state index contributed by atoms with van der Waals surface area (Å²) in [6.07, 6.45) is 6.23. The fourth-order valence-corrected chi connectivity index (χ4v) is 9.40. The number of ether oxygens (including phenoxy) is 8. The van der Waals surface area contributed by atoms with Gasteiger partial charge in [0, 0.05) is 39.8 Å². The predicted molar refractivity (Wildman–Crippen MR) is 420 cm³/mol. The molecule has 0 aromatic heterocycles. The molecule has 1 N–H and O–H groups in total. The number of urea groups is 12. The average Bonchev–Trinajstić information content (AvgIpc) is 1.74. The maximum absolute atomic E-state index is 11.9. The molecule has 121 heavy (non-hydrogen) atoms. The third-order valence-corrected chi connectivity index (χ3v) is 15.0. The van der Waals surface area contributed by atoms with E-state index in [1.54, 1.807) is 84.9 Å². The molecule has 25 amide bonds. The zero-order chi connectivity index (χ0) is 87.3. The first kappa shape index (κ1) is 92.2.